The smallest absolute Gasteiger partial charge is 0.303 e. The molecule has 18 heavy (non-hydrogen) atoms. The number of hydrogen-bond acceptors (Lipinski definition) is 2. The molecule has 0 spiro atoms. The maximum Gasteiger partial charge on any atom is 0.303 e. The number of piperidine rings is 1. The SMILES string of the molecule is CCC=C(C)C(=O)N1CCC[C@H](CCC(=O)O)C1. The molecule has 1 aliphatic heterocycles. The number of aliphatic carboxylic acids is 1. The molecule has 0 aromatic heterocycles. The number of carbonyl (C=O) groups excluding carboxylic acids is 1. The van der Waals surface area contributed by atoms with Gasteiger partial charge in [0, 0.05) is 25.1 Å². The molecule has 1 rings (SSSR count). The van der Waals surface area contributed by atoms with Crippen molar-refractivity contribution in [3.8, 4) is 0 Å². The van der Waals surface area contributed by atoms with Gasteiger partial charge in [0.05, 0.1) is 0 Å². The summed E-state index contributed by atoms with van der Waals surface area (Å²) in [6, 6.07) is 0. The number of likely N-dealkylation sites (tertiary alicyclic amines) is 1. The van der Waals surface area contributed by atoms with Gasteiger partial charge in [-0.1, -0.05) is 13.0 Å². The average Bonchev–Trinajstić information content (AvgIpc) is 2.36. The van der Waals surface area contributed by atoms with Crippen LogP contribution in [0, 0.1) is 5.92 Å². The molecule has 4 nitrogen and oxygen atoms in total. The molecule has 1 atom stereocenters. The van der Waals surface area contributed by atoms with E-state index >= 15 is 0 Å². The van der Waals surface area contributed by atoms with Crippen molar-refractivity contribution in [3.63, 3.8) is 0 Å². The standard InChI is InChI=1S/C14H23NO3/c1-3-5-11(2)14(18)15-9-4-6-12(10-15)7-8-13(16)17/h5,12H,3-4,6-10H2,1-2H3,(H,16,17)/t12-/m1/s1. The number of nitrogens with zero attached hydrogens (tertiary/aromatic N) is 1. The fourth-order valence-electron chi connectivity index (χ4n) is 2.46. The number of hydrogen-bond donors (Lipinski definition) is 1. The summed E-state index contributed by atoms with van der Waals surface area (Å²) >= 11 is 0. The summed E-state index contributed by atoms with van der Waals surface area (Å²) in [6.45, 7) is 5.38. The maximum absolute atomic E-state index is 12.1. The van der Waals surface area contributed by atoms with Crippen LogP contribution >= 0.6 is 0 Å². The molecule has 0 aromatic carbocycles. The molecule has 4 heteroatoms. The Kier molecular flexibility index (Phi) is 5.89. The van der Waals surface area contributed by atoms with E-state index in [1.54, 1.807) is 0 Å². The lowest BCUT2D eigenvalue weighted by Gasteiger charge is -2.33. The Morgan fingerprint density at radius 3 is 2.78 bits per heavy atom. The second kappa shape index (κ2) is 7.19. The van der Waals surface area contributed by atoms with Gasteiger partial charge in [-0.3, -0.25) is 9.59 Å². The first-order valence-electron chi connectivity index (χ1n) is 6.72. The third-order valence-electron chi connectivity index (χ3n) is 3.42. The van der Waals surface area contributed by atoms with Crippen molar-refractivity contribution in [2.75, 3.05) is 13.1 Å². The van der Waals surface area contributed by atoms with Crippen molar-refractivity contribution in [3.05, 3.63) is 11.6 Å². The normalized spacial score (nSPS) is 20.9. The van der Waals surface area contributed by atoms with Crippen LogP contribution in [-0.2, 0) is 9.59 Å². The molecule has 1 saturated heterocycles. The lowest BCUT2D eigenvalue weighted by molar-refractivity contribution is -0.137. The molecule has 0 saturated carbocycles. The molecule has 0 unspecified atom stereocenters. The Labute approximate surface area is 109 Å². The van der Waals surface area contributed by atoms with E-state index in [1.165, 1.54) is 0 Å². The van der Waals surface area contributed by atoms with Crippen molar-refractivity contribution in [1.82, 2.24) is 4.90 Å². The van der Waals surface area contributed by atoms with Gasteiger partial charge in [-0.2, -0.15) is 0 Å². The highest BCUT2D eigenvalue weighted by Gasteiger charge is 2.24. The number of amides is 1. The van der Waals surface area contributed by atoms with Crippen LogP contribution in [0.2, 0.25) is 0 Å². The zero-order chi connectivity index (χ0) is 13.5. The van der Waals surface area contributed by atoms with Crippen LogP contribution in [0.5, 0.6) is 0 Å². The Hall–Kier alpha value is -1.32. The first-order valence-corrected chi connectivity index (χ1v) is 6.72. The van der Waals surface area contributed by atoms with Crippen LogP contribution in [0.3, 0.4) is 0 Å². The van der Waals surface area contributed by atoms with Crippen molar-refractivity contribution in [2.24, 2.45) is 5.92 Å². The summed E-state index contributed by atoms with van der Waals surface area (Å²) in [7, 11) is 0. The topological polar surface area (TPSA) is 57.6 Å². The second-order valence-corrected chi connectivity index (χ2v) is 4.99. The number of allylic oxidation sites excluding steroid dienone is 1. The first-order chi connectivity index (χ1) is 8.54. The number of carboxylic acid groups (broad SMARTS) is 1. The van der Waals surface area contributed by atoms with Crippen molar-refractivity contribution >= 4 is 11.9 Å². The fourth-order valence-corrected chi connectivity index (χ4v) is 2.46. The van der Waals surface area contributed by atoms with Gasteiger partial charge in [0.25, 0.3) is 0 Å². The zero-order valence-corrected chi connectivity index (χ0v) is 11.3. The Bertz CT molecular complexity index is 336. The third kappa shape index (κ3) is 4.51. The summed E-state index contributed by atoms with van der Waals surface area (Å²) in [4.78, 5) is 24.5. The van der Waals surface area contributed by atoms with Gasteiger partial charge >= 0.3 is 5.97 Å². The van der Waals surface area contributed by atoms with Crippen LogP contribution in [0.4, 0.5) is 0 Å². The van der Waals surface area contributed by atoms with Gasteiger partial charge in [0.15, 0.2) is 0 Å². The summed E-state index contributed by atoms with van der Waals surface area (Å²) in [5.74, 6) is -0.300. The van der Waals surface area contributed by atoms with Gasteiger partial charge in [0.1, 0.15) is 0 Å². The molecule has 1 amide bonds. The molecule has 0 aliphatic carbocycles. The fraction of sp³-hybridized carbons (Fsp3) is 0.714. The Morgan fingerprint density at radius 2 is 2.17 bits per heavy atom. The van der Waals surface area contributed by atoms with Crippen molar-refractivity contribution < 1.29 is 14.7 Å². The van der Waals surface area contributed by atoms with Gasteiger partial charge in [-0.25, -0.2) is 0 Å². The van der Waals surface area contributed by atoms with Crippen molar-refractivity contribution in [2.45, 2.75) is 46.0 Å². The number of carboxylic acids is 1. The van der Waals surface area contributed by atoms with E-state index in [4.69, 9.17) is 5.11 Å². The van der Waals surface area contributed by atoms with Crippen LogP contribution in [0.25, 0.3) is 0 Å². The quantitative estimate of drug-likeness (QED) is 0.766. The molecule has 1 N–H and O–H groups in total. The highest BCUT2D eigenvalue weighted by atomic mass is 16.4. The summed E-state index contributed by atoms with van der Waals surface area (Å²) in [5, 5.41) is 8.69. The van der Waals surface area contributed by atoms with E-state index in [0.717, 1.165) is 31.4 Å². The first kappa shape index (κ1) is 14.7. The van der Waals surface area contributed by atoms with Crippen molar-refractivity contribution in [1.29, 1.82) is 0 Å². The Morgan fingerprint density at radius 1 is 1.44 bits per heavy atom. The Balaban J connectivity index is 2.50. The minimum atomic E-state index is -0.750. The molecular formula is C14H23NO3. The van der Waals surface area contributed by atoms with E-state index in [2.05, 4.69) is 0 Å². The molecular weight excluding hydrogens is 230 g/mol. The van der Waals surface area contributed by atoms with E-state index in [1.807, 2.05) is 24.8 Å². The van der Waals surface area contributed by atoms with E-state index in [0.29, 0.717) is 18.9 Å². The molecule has 1 fully saturated rings. The van der Waals surface area contributed by atoms with Gasteiger partial charge in [-0.05, 0) is 38.5 Å². The minimum absolute atomic E-state index is 0.108. The molecule has 0 aromatic rings. The summed E-state index contributed by atoms with van der Waals surface area (Å²) < 4.78 is 0. The molecule has 0 bridgehead atoms. The van der Waals surface area contributed by atoms with Crippen LogP contribution in [0.1, 0.15) is 46.0 Å². The number of carbonyl (C=O) groups is 2. The van der Waals surface area contributed by atoms with E-state index < -0.39 is 5.97 Å². The van der Waals surface area contributed by atoms with Gasteiger partial charge < -0.3 is 10.0 Å². The average molecular weight is 253 g/mol. The minimum Gasteiger partial charge on any atom is -0.481 e. The highest BCUT2D eigenvalue weighted by Crippen LogP contribution is 2.22. The van der Waals surface area contributed by atoms with Crippen LogP contribution in [0.15, 0.2) is 11.6 Å². The predicted octanol–water partition coefficient (Wildman–Crippen LogP) is 2.45. The maximum atomic E-state index is 12.1. The summed E-state index contributed by atoms with van der Waals surface area (Å²) in [6.07, 6.45) is 5.71. The molecule has 0 radical (unpaired) electrons. The van der Waals surface area contributed by atoms with Gasteiger partial charge in [0.2, 0.25) is 5.91 Å². The van der Waals surface area contributed by atoms with Crippen LogP contribution in [-0.4, -0.2) is 35.0 Å². The molecule has 1 aliphatic rings. The summed E-state index contributed by atoms with van der Waals surface area (Å²) in [5.41, 5.74) is 0.802. The monoisotopic (exact) mass is 253 g/mol. The third-order valence-corrected chi connectivity index (χ3v) is 3.42. The van der Waals surface area contributed by atoms with E-state index in [-0.39, 0.29) is 12.3 Å². The zero-order valence-electron chi connectivity index (χ0n) is 11.3. The van der Waals surface area contributed by atoms with Gasteiger partial charge in [-0.15, -0.1) is 0 Å². The molecule has 1 heterocycles. The van der Waals surface area contributed by atoms with Crippen LogP contribution < -0.4 is 0 Å². The van der Waals surface area contributed by atoms with E-state index in [9.17, 15) is 9.59 Å². The predicted molar refractivity (Wildman–Crippen MR) is 70.2 cm³/mol. The highest BCUT2D eigenvalue weighted by molar-refractivity contribution is 5.92. The lowest BCUT2D eigenvalue weighted by Crippen LogP contribution is -2.40. The lowest BCUT2D eigenvalue weighted by atomic mass is 9.93. The molecule has 102 valence electrons. The second-order valence-electron chi connectivity index (χ2n) is 4.99. The largest absolute Gasteiger partial charge is 0.481 e. The number of rotatable bonds is 5.